The average Bonchev–Trinajstić information content (AvgIpc) is 2.40. The van der Waals surface area contributed by atoms with Gasteiger partial charge in [-0.15, -0.1) is 0 Å². The summed E-state index contributed by atoms with van der Waals surface area (Å²) in [5.41, 5.74) is 1.24. The molecule has 4 heteroatoms. The maximum absolute atomic E-state index is 5.64. The van der Waals surface area contributed by atoms with Crippen LogP contribution in [0.15, 0.2) is 18.2 Å². The molecule has 1 aromatic carbocycles. The number of likely N-dealkylation sites (N-methyl/N-ethyl adjacent to an activating group) is 2. The van der Waals surface area contributed by atoms with E-state index >= 15 is 0 Å². The van der Waals surface area contributed by atoms with Gasteiger partial charge >= 0.3 is 0 Å². The molecule has 0 heterocycles. The van der Waals surface area contributed by atoms with Crippen LogP contribution in [0.1, 0.15) is 19.4 Å². The number of hydrogen-bond acceptors (Lipinski definition) is 4. The van der Waals surface area contributed by atoms with Gasteiger partial charge in [0.05, 0.1) is 13.2 Å². The van der Waals surface area contributed by atoms with Gasteiger partial charge in [-0.3, -0.25) is 0 Å². The highest BCUT2D eigenvalue weighted by Gasteiger charge is 2.07. The van der Waals surface area contributed by atoms with Crippen molar-refractivity contribution < 1.29 is 9.47 Å². The molecule has 0 spiro atoms. The first kappa shape index (κ1) is 15.8. The lowest BCUT2D eigenvalue weighted by Crippen LogP contribution is -2.26. The molecule has 0 saturated carbocycles. The summed E-state index contributed by atoms with van der Waals surface area (Å²) in [6.45, 7) is 8.20. The smallest absolute Gasteiger partial charge is 0.161 e. The Balaban J connectivity index is 2.71. The van der Waals surface area contributed by atoms with E-state index in [4.69, 9.17) is 9.47 Å². The topological polar surface area (TPSA) is 33.7 Å². The first-order chi connectivity index (χ1) is 9.21. The van der Waals surface area contributed by atoms with E-state index < -0.39 is 0 Å². The molecule has 0 bridgehead atoms. The number of hydrogen-bond donors (Lipinski definition) is 1. The van der Waals surface area contributed by atoms with E-state index in [2.05, 4.69) is 29.4 Å². The van der Waals surface area contributed by atoms with Gasteiger partial charge < -0.3 is 19.7 Å². The normalized spacial score (nSPS) is 10.8. The Hall–Kier alpha value is -1.26. The predicted octanol–water partition coefficient (Wildman–Crippen LogP) is 2.14. The SMILES string of the molecule is CCOc1ccc(CN(C)CCNC)cc1OCC. The van der Waals surface area contributed by atoms with Crippen molar-refractivity contribution in [3.63, 3.8) is 0 Å². The number of ether oxygens (including phenoxy) is 2. The molecule has 0 atom stereocenters. The monoisotopic (exact) mass is 266 g/mol. The molecule has 0 radical (unpaired) electrons. The summed E-state index contributed by atoms with van der Waals surface area (Å²) in [5.74, 6) is 1.66. The highest BCUT2D eigenvalue weighted by molar-refractivity contribution is 5.43. The van der Waals surface area contributed by atoms with Crippen LogP contribution in [0.3, 0.4) is 0 Å². The molecule has 4 nitrogen and oxygen atoms in total. The van der Waals surface area contributed by atoms with Gasteiger partial charge in [0, 0.05) is 19.6 Å². The summed E-state index contributed by atoms with van der Waals surface area (Å²) in [7, 11) is 4.09. The molecular weight excluding hydrogens is 240 g/mol. The van der Waals surface area contributed by atoms with Crippen molar-refractivity contribution in [3.8, 4) is 11.5 Å². The minimum Gasteiger partial charge on any atom is -0.490 e. The quantitative estimate of drug-likeness (QED) is 0.742. The summed E-state index contributed by atoms with van der Waals surface area (Å²) in [4.78, 5) is 2.28. The zero-order chi connectivity index (χ0) is 14.1. The summed E-state index contributed by atoms with van der Waals surface area (Å²) in [6, 6.07) is 6.17. The summed E-state index contributed by atoms with van der Waals surface area (Å²) < 4.78 is 11.2. The van der Waals surface area contributed by atoms with Gasteiger partial charge in [0.1, 0.15) is 0 Å². The van der Waals surface area contributed by atoms with Crippen LogP contribution in [-0.2, 0) is 6.54 Å². The number of nitrogens with zero attached hydrogens (tertiary/aromatic N) is 1. The zero-order valence-electron chi connectivity index (χ0n) is 12.5. The lowest BCUT2D eigenvalue weighted by atomic mass is 10.2. The summed E-state index contributed by atoms with van der Waals surface area (Å²) in [6.07, 6.45) is 0. The molecule has 0 saturated heterocycles. The third-order valence-corrected chi connectivity index (χ3v) is 2.80. The fourth-order valence-corrected chi connectivity index (χ4v) is 1.89. The average molecular weight is 266 g/mol. The Morgan fingerprint density at radius 2 is 1.79 bits per heavy atom. The molecule has 1 N–H and O–H groups in total. The van der Waals surface area contributed by atoms with E-state index in [-0.39, 0.29) is 0 Å². The molecule has 0 aliphatic heterocycles. The Bertz CT molecular complexity index is 369. The third-order valence-electron chi connectivity index (χ3n) is 2.80. The fraction of sp³-hybridized carbons (Fsp3) is 0.600. The molecule has 0 fully saturated rings. The van der Waals surface area contributed by atoms with Crippen LogP contribution in [0.25, 0.3) is 0 Å². The van der Waals surface area contributed by atoms with E-state index in [1.54, 1.807) is 0 Å². The Morgan fingerprint density at radius 1 is 1.11 bits per heavy atom. The zero-order valence-corrected chi connectivity index (χ0v) is 12.5. The molecule has 0 amide bonds. The van der Waals surface area contributed by atoms with Crippen molar-refractivity contribution in [2.45, 2.75) is 20.4 Å². The third kappa shape index (κ3) is 5.49. The molecule has 1 aromatic rings. The summed E-state index contributed by atoms with van der Waals surface area (Å²) in [5, 5.41) is 3.16. The van der Waals surface area contributed by atoms with Gasteiger partial charge in [0.15, 0.2) is 11.5 Å². The number of nitrogens with one attached hydrogen (secondary N) is 1. The van der Waals surface area contributed by atoms with Gasteiger partial charge in [-0.2, -0.15) is 0 Å². The van der Waals surface area contributed by atoms with Gasteiger partial charge in [-0.05, 0) is 45.6 Å². The first-order valence-corrected chi connectivity index (χ1v) is 6.92. The standard InChI is InChI=1S/C15H26N2O2/c1-5-18-14-8-7-13(11-15(14)19-6-2)12-17(4)10-9-16-3/h7-8,11,16H,5-6,9-10,12H2,1-4H3. The van der Waals surface area contributed by atoms with Crippen LogP contribution >= 0.6 is 0 Å². The van der Waals surface area contributed by atoms with E-state index in [0.29, 0.717) is 13.2 Å². The van der Waals surface area contributed by atoms with Gasteiger partial charge in [-0.25, -0.2) is 0 Å². The molecule has 0 unspecified atom stereocenters. The highest BCUT2D eigenvalue weighted by atomic mass is 16.5. The fourth-order valence-electron chi connectivity index (χ4n) is 1.89. The minimum absolute atomic E-state index is 0.652. The molecule has 108 valence electrons. The van der Waals surface area contributed by atoms with Crippen LogP contribution < -0.4 is 14.8 Å². The lowest BCUT2D eigenvalue weighted by Gasteiger charge is -2.18. The van der Waals surface area contributed by atoms with Crippen molar-refractivity contribution in [3.05, 3.63) is 23.8 Å². The van der Waals surface area contributed by atoms with Gasteiger partial charge in [0.25, 0.3) is 0 Å². The molecular formula is C15H26N2O2. The largest absolute Gasteiger partial charge is 0.490 e. The van der Waals surface area contributed by atoms with Crippen molar-refractivity contribution in [2.75, 3.05) is 40.4 Å². The maximum atomic E-state index is 5.64. The van der Waals surface area contributed by atoms with Crippen LogP contribution in [0.4, 0.5) is 0 Å². The second kappa shape index (κ2) is 8.77. The van der Waals surface area contributed by atoms with Crippen LogP contribution in [0.2, 0.25) is 0 Å². The minimum atomic E-state index is 0.652. The first-order valence-electron chi connectivity index (χ1n) is 6.92. The predicted molar refractivity (Wildman–Crippen MR) is 79.0 cm³/mol. The van der Waals surface area contributed by atoms with Gasteiger partial charge in [-0.1, -0.05) is 6.07 Å². The molecule has 1 rings (SSSR count). The van der Waals surface area contributed by atoms with Crippen molar-refractivity contribution in [2.24, 2.45) is 0 Å². The molecule has 0 aliphatic rings. The molecule has 0 aliphatic carbocycles. The van der Waals surface area contributed by atoms with E-state index in [0.717, 1.165) is 31.1 Å². The van der Waals surface area contributed by atoms with Crippen LogP contribution in [0.5, 0.6) is 11.5 Å². The maximum Gasteiger partial charge on any atom is 0.161 e. The Morgan fingerprint density at radius 3 is 2.42 bits per heavy atom. The van der Waals surface area contributed by atoms with Crippen LogP contribution in [-0.4, -0.2) is 45.3 Å². The number of benzene rings is 1. The van der Waals surface area contributed by atoms with Crippen molar-refractivity contribution in [1.29, 1.82) is 0 Å². The van der Waals surface area contributed by atoms with Crippen molar-refractivity contribution in [1.82, 2.24) is 10.2 Å². The summed E-state index contributed by atoms with van der Waals surface area (Å²) >= 11 is 0. The number of rotatable bonds is 9. The highest BCUT2D eigenvalue weighted by Crippen LogP contribution is 2.28. The second-order valence-electron chi connectivity index (χ2n) is 4.49. The lowest BCUT2D eigenvalue weighted by molar-refractivity contribution is 0.285. The molecule has 19 heavy (non-hydrogen) atoms. The Kier molecular flexibility index (Phi) is 7.30. The van der Waals surface area contributed by atoms with Gasteiger partial charge in [0.2, 0.25) is 0 Å². The van der Waals surface area contributed by atoms with Crippen molar-refractivity contribution >= 4 is 0 Å². The second-order valence-corrected chi connectivity index (χ2v) is 4.49. The van der Waals surface area contributed by atoms with E-state index in [1.165, 1.54) is 5.56 Å². The Labute approximate surface area is 116 Å². The van der Waals surface area contributed by atoms with E-state index in [1.807, 2.05) is 27.0 Å². The molecule has 0 aromatic heterocycles. The van der Waals surface area contributed by atoms with E-state index in [9.17, 15) is 0 Å². The van der Waals surface area contributed by atoms with Crippen LogP contribution in [0, 0.1) is 0 Å².